The molecule has 1 atom stereocenters. The topological polar surface area (TPSA) is 67.8 Å². The quantitative estimate of drug-likeness (QED) is 0.676. The van der Waals surface area contributed by atoms with E-state index in [0.29, 0.717) is 13.0 Å². The molecule has 1 rings (SSSR count). The molecule has 0 radical (unpaired) electrons. The smallest absolute Gasteiger partial charge is 0.307 e. The van der Waals surface area contributed by atoms with Gasteiger partial charge in [-0.2, -0.15) is 0 Å². The molecule has 1 aromatic rings. The van der Waals surface area contributed by atoms with Crippen molar-refractivity contribution in [1.29, 1.82) is 0 Å². The molecule has 0 aromatic heterocycles. The number of aliphatic hydroxyl groups is 1. The van der Waals surface area contributed by atoms with E-state index in [0.717, 1.165) is 11.3 Å². The molecule has 2 N–H and O–H groups in total. The fraction of sp³-hybridized carbons (Fsp3) is 0.562. The highest BCUT2D eigenvalue weighted by Gasteiger charge is 2.14. The van der Waals surface area contributed by atoms with Crippen LogP contribution in [-0.2, 0) is 16.0 Å². The van der Waals surface area contributed by atoms with Gasteiger partial charge >= 0.3 is 5.97 Å². The number of hydrogen-bond acceptors (Lipinski definition) is 5. The predicted molar refractivity (Wildman–Crippen MR) is 81.4 cm³/mol. The van der Waals surface area contributed by atoms with Gasteiger partial charge in [-0.05, 0) is 38.0 Å². The van der Waals surface area contributed by atoms with Gasteiger partial charge in [0, 0.05) is 12.6 Å². The van der Waals surface area contributed by atoms with E-state index in [2.05, 4.69) is 5.32 Å². The molecule has 118 valence electrons. The van der Waals surface area contributed by atoms with Crippen LogP contribution in [0.3, 0.4) is 0 Å². The van der Waals surface area contributed by atoms with Crippen LogP contribution in [-0.4, -0.2) is 43.5 Å². The van der Waals surface area contributed by atoms with Crippen LogP contribution < -0.4 is 10.1 Å². The van der Waals surface area contributed by atoms with E-state index in [9.17, 15) is 4.79 Å². The van der Waals surface area contributed by atoms with Gasteiger partial charge in [-0.3, -0.25) is 4.79 Å². The third-order valence-electron chi connectivity index (χ3n) is 2.96. The van der Waals surface area contributed by atoms with Crippen molar-refractivity contribution < 1.29 is 19.4 Å². The molecule has 5 heteroatoms. The molecule has 0 saturated carbocycles. The maximum absolute atomic E-state index is 11.4. The lowest BCUT2D eigenvalue weighted by Gasteiger charge is -2.17. The Morgan fingerprint density at radius 1 is 1.29 bits per heavy atom. The highest BCUT2D eigenvalue weighted by atomic mass is 16.5. The summed E-state index contributed by atoms with van der Waals surface area (Å²) in [4.78, 5) is 11.4. The highest BCUT2D eigenvalue weighted by Crippen LogP contribution is 2.15. The van der Waals surface area contributed by atoms with Crippen molar-refractivity contribution in [1.82, 2.24) is 5.32 Å². The Labute approximate surface area is 126 Å². The maximum Gasteiger partial charge on any atom is 0.307 e. The second kappa shape index (κ2) is 9.37. The molecule has 1 aromatic carbocycles. The number of rotatable bonds is 9. The number of hydrogen-bond donors (Lipinski definition) is 2. The zero-order valence-electron chi connectivity index (χ0n) is 13.0. The zero-order valence-corrected chi connectivity index (χ0v) is 13.0. The van der Waals surface area contributed by atoms with Crippen molar-refractivity contribution in [2.24, 2.45) is 0 Å². The van der Waals surface area contributed by atoms with Crippen molar-refractivity contribution in [3.8, 4) is 5.75 Å². The number of aliphatic hydroxyl groups excluding tert-OH is 1. The largest absolute Gasteiger partial charge is 0.491 e. The normalized spacial score (nSPS) is 12.2. The lowest BCUT2D eigenvalue weighted by Crippen LogP contribution is -2.35. The number of carbonyl (C=O) groups is 1. The van der Waals surface area contributed by atoms with E-state index in [1.807, 2.05) is 38.1 Å². The van der Waals surface area contributed by atoms with E-state index in [-0.39, 0.29) is 31.1 Å². The first-order valence-electron chi connectivity index (χ1n) is 7.21. The molecule has 1 unspecified atom stereocenters. The van der Waals surface area contributed by atoms with Gasteiger partial charge in [-0.15, -0.1) is 0 Å². The van der Waals surface area contributed by atoms with E-state index in [1.54, 1.807) is 0 Å². The third kappa shape index (κ3) is 7.11. The van der Waals surface area contributed by atoms with Crippen molar-refractivity contribution in [2.45, 2.75) is 38.8 Å². The Morgan fingerprint density at radius 2 is 1.95 bits per heavy atom. The molecular formula is C16H25NO4. The average molecular weight is 295 g/mol. The Balaban J connectivity index is 2.62. The van der Waals surface area contributed by atoms with Crippen molar-refractivity contribution in [3.05, 3.63) is 29.8 Å². The van der Waals surface area contributed by atoms with Crippen LogP contribution in [0.5, 0.6) is 5.75 Å². The molecule has 21 heavy (non-hydrogen) atoms. The van der Waals surface area contributed by atoms with Gasteiger partial charge in [0.25, 0.3) is 0 Å². The molecule has 0 heterocycles. The van der Waals surface area contributed by atoms with Gasteiger partial charge in [-0.1, -0.05) is 12.1 Å². The fourth-order valence-corrected chi connectivity index (χ4v) is 2.03. The van der Waals surface area contributed by atoms with Crippen LogP contribution in [0.15, 0.2) is 24.3 Å². The van der Waals surface area contributed by atoms with Crippen molar-refractivity contribution in [3.63, 3.8) is 0 Å². The van der Waals surface area contributed by atoms with E-state index in [1.165, 1.54) is 7.11 Å². The van der Waals surface area contributed by atoms with Crippen LogP contribution >= 0.6 is 0 Å². The van der Waals surface area contributed by atoms with Crippen LogP contribution in [0.2, 0.25) is 0 Å². The van der Waals surface area contributed by atoms with Gasteiger partial charge in [0.15, 0.2) is 0 Å². The van der Waals surface area contributed by atoms with Gasteiger partial charge in [0.05, 0.1) is 26.2 Å². The van der Waals surface area contributed by atoms with Gasteiger partial charge in [0.2, 0.25) is 0 Å². The van der Waals surface area contributed by atoms with Crippen LogP contribution in [0.1, 0.15) is 25.8 Å². The SMILES string of the molecule is COC(=O)CC(Cc1ccc(OC(C)C)cc1)NCCO. The first-order valence-corrected chi connectivity index (χ1v) is 7.21. The first kappa shape index (κ1) is 17.5. The predicted octanol–water partition coefficient (Wildman–Crippen LogP) is 1.53. The summed E-state index contributed by atoms with van der Waals surface area (Å²) in [6, 6.07) is 7.78. The Kier molecular flexibility index (Phi) is 7.79. The summed E-state index contributed by atoms with van der Waals surface area (Å²) in [5.41, 5.74) is 1.10. The summed E-state index contributed by atoms with van der Waals surface area (Å²) in [5.74, 6) is 0.576. The molecular weight excluding hydrogens is 270 g/mol. The highest BCUT2D eigenvalue weighted by molar-refractivity contribution is 5.70. The lowest BCUT2D eigenvalue weighted by atomic mass is 10.0. The number of methoxy groups -OCH3 is 1. The molecule has 0 saturated heterocycles. The molecule has 0 amide bonds. The molecule has 0 aliphatic rings. The summed E-state index contributed by atoms with van der Waals surface area (Å²) in [6.07, 6.45) is 1.12. The van der Waals surface area contributed by atoms with Crippen LogP contribution in [0, 0.1) is 0 Å². The number of ether oxygens (including phenoxy) is 2. The van der Waals surface area contributed by atoms with E-state index >= 15 is 0 Å². The minimum absolute atomic E-state index is 0.0405. The van der Waals surface area contributed by atoms with Crippen LogP contribution in [0.25, 0.3) is 0 Å². The summed E-state index contributed by atoms with van der Waals surface area (Å²) in [6.45, 7) is 4.47. The zero-order chi connectivity index (χ0) is 15.7. The van der Waals surface area contributed by atoms with E-state index < -0.39 is 0 Å². The number of carbonyl (C=O) groups excluding carboxylic acids is 1. The second-order valence-corrected chi connectivity index (χ2v) is 5.17. The van der Waals surface area contributed by atoms with Crippen molar-refractivity contribution in [2.75, 3.05) is 20.3 Å². The Hall–Kier alpha value is -1.59. The minimum atomic E-state index is -0.259. The monoisotopic (exact) mass is 295 g/mol. The third-order valence-corrected chi connectivity index (χ3v) is 2.96. The summed E-state index contributed by atoms with van der Waals surface area (Å²) < 4.78 is 10.3. The standard InChI is InChI=1S/C16H25NO4/c1-12(2)21-15-6-4-13(5-7-15)10-14(17-8-9-18)11-16(19)20-3/h4-7,12,14,17-18H,8-11H2,1-3H3. The Bertz CT molecular complexity index is 417. The molecule has 0 spiro atoms. The second-order valence-electron chi connectivity index (χ2n) is 5.17. The summed E-state index contributed by atoms with van der Waals surface area (Å²) in [7, 11) is 1.38. The number of nitrogens with one attached hydrogen (secondary N) is 1. The minimum Gasteiger partial charge on any atom is -0.491 e. The molecule has 0 aliphatic carbocycles. The van der Waals surface area contributed by atoms with Gasteiger partial charge < -0.3 is 19.9 Å². The number of benzene rings is 1. The molecule has 5 nitrogen and oxygen atoms in total. The van der Waals surface area contributed by atoms with Gasteiger partial charge in [-0.25, -0.2) is 0 Å². The van der Waals surface area contributed by atoms with Crippen LogP contribution in [0.4, 0.5) is 0 Å². The first-order chi connectivity index (χ1) is 10.0. The molecule has 0 fully saturated rings. The average Bonchev–Trinajstić information content (AvgIpc) is 2.46. The number of esters is 1. The van der Waals surface area contributed by atoms with Crippen molar-refractivity contribution >= 4 is 5.97 Å². The molecule has 0 bridgehead atoms. The summed E-state index contributed by atoms with van der Waals surface area (Å²) in [5, 5.41) is 12.0. The molecule has 0 aliphatic heterocycles. The van der Waals surface area contributed by atoms with E-state index in [4.69, 9.17) is 14.6 Å². The Morgan fingerprint density at radius 3 is 2.48 bits per heavy atom. The fourth-order valence-electron chi connectivity index (χ4n) is 2.03. The lowest BCUT2D eigenvalue weighted by molar-refractivity contribution is -0.141. The summed E-state index contributed by atoms with van der Waals surface area (Å²) >= 11 is 0. The maximum atomic E-state index is 11.4. The van der Waals surface area contributed by atoms with Gasteiger partial charge in [0.1, 0.15) is 5.75 Å².